The van der Waals surface area contributed by atoms with Crippen LogP contribution in [0.4, 0.5) is 5.69 Å². The molecule has 2 aromatic rings. The first-order chi connectivity index (χ1) is 17.9. The molecule has 38 heavy (non-hydrogen) atoms. The second-order valence-corrected chi connectivity index (χ2v) is 14.3. The number of amides is 1. The Morgan fingerprint density at radius 3 is 2.50 bits per heavy atom. The van der Waals surface area contributed by atoms with Crippen molar-refractivity contribution in [1.29, 1.82) is 0 Å². The van der Waals surface area contributed by atoms with E-state index in [1.165, 1.54) is 22.8 Å². The van der Waals surface area contributed by atoms with Gasteiger partial charge in [-0.3, -0.25) is 9.78 Å². The Morgan fingerprint density at radius 2 is 1.89 bits per heavy atom. The monoisotopic (exact) mass is 557 g/mol. The van der Waals surface area contributed by atoms with Crippen molar-refractivity contribution in [1.82, 2.24) is 9.29 Å². The normalized spacial score (nSPS) is 22.5. The molecule has 10 heteroatoms. The molecule has 1 aliphatic carbocycles. The largest absolute Gasteiger partial charge is 0.477 e. The molecule has 4 rings (SSSR count). The highest BCUT2D eigenvalue weighted by atomic mass is 32.2. The van der Waals surface area contributed by atoms with Crippen molar-refractivity contribution in [2.75, 3.05) is 18.0 Å². The summed E-state index contributed by atoms with van der Waals surface area (Å²) in [7, 11) is -3.79. The topological polar surface area (TPSA) is 108 Å². The summed E-state index contributed by atoms with van der Waals surface area (Å²) in [5.41, 5.74) is 0.0454. The molecule has 1 amide bonds. The van der Waals surface area contributed by atoms with Gasteiger partial charge in [-0.25, -0.2) is 13.2 Å². The maximum Gasteiger partial charge on any atom is 0.348 e. The second kappa shape index (κ2) is 11.2. The molecule has 1 aliphatic heterocycles. The average Bonchev–Trinajstić information content (AvgIpc) is 3.52. The average molecular weight is 558 g/mol. The van der Waals surface area contributed by atoms with Gasteiger partial charge in [-0.2, -0.15) is 4.31 Å². The lowest BCUT2D eigenvalue weighted by Crippen LogP contribution is -2.46. The van der Waals surface area contributed by atoms with Crippen LogP contribution in [0.15, 0.2) is 35.5 Å². The van der Waals surface area contributed by atoms with Crippen molar-refractivity contribution in [3.05, 3.63) is 40.3 Å². The van der Waals surface area contributed by atoms with Gasteiger partial charge in [0, 0.05) is 36.8 Å². The lowest BCUT2D eigenvalue weighted by atomic mass is 9.82. The zero-order valence-corrected chi connectivity index (χ0v) is 23.9. The second-order valence-electron chi connectivity index (χ2n) is 11.3. The summed E-state index contributed by atoms with van der Waals surface area (Å²) in [6, 6.07) is 4.28. The molecule has 0 radical (unpaired) electrons. The van der Waals surface area contributed by atoms with E-state index < -0.39 is 22.0 Å². The molecule has 1 saturated heterocycles. The van der Waals surface area contributed by atoms with E-state index in [4.69, 9.17) is 0 Å². The summed E-state index contributed by atoms with van der Waals surface area (Å²) in [5.74, 6) is 5.30. The Labute approximate surface area is 229 Å². The van der Waals surface area contributed by atoms with Gasteiger partial charge in [-0.1, -0.05) is 18.8 Å². The first-order valence-electron chi connectivity index (χ1n) is 13.0. The summed E-state index contributed by atoms with van der Waals surface area (Å²) in [5, 5.41) is 10.1. The standard InChI is InChI=1S/C28H35N3O5S2/c1-19-7-9-20(10-8-19)26(32)31(24-16-22(11-13-28(2,3)4)37-25(24)27(33)34)21-12-15-30(18-21)38(35,36)23-6-5-14-29-17-23/h5-6,14,16-17,19-21H,7-10,12,15,18H2,1-4H3,(H,33,34). The number of carboxylic acids is 1. The van der Waals surface area contributed by atoms with Gasteiger partial charge in [0.05, 0.1) is 16.6 Å². The quantitative estimate of drug-likeness (QED) is 0.508. The third-order valence-electron chi connectivity index (χ3n) is 7.09. The minimum absolute atomic E-state index is 0.0503. The number of carbonyl (C=O) groups is 2. The molecule has 1 atom stereocenters. The Kier molecular flexibility index (Phi) is 8.31. The van der Waals surface area contributed by atoms with Gasteiger partial charge in [0.25, 0.3) is 0 Å². The number of carbonyl (C=O) groups excluding carboxylic acids is 1. The molecule has 3 heterocycles. The summed E-state index contributed by atoms with van der Waals surface area (Å²) < 4.78 is 27.9. The number of carboxylic acid groups (broad SMARTS) is 1. The van der Waals surface area contributed by atoms with Crippen molar-refractivity contribution in [2.45, 2.75) is 70.7 Å². The highest BCUT2D eigenvalue weighted by molar-refractivity contribution is 7.89. The number of hydrogen-bond acceptors (Lipinski definition) is 6. The molecule has 2 fully saturated rings. The predicted molar refractivity (Wildman–Crippen MR) is 148 cm³/mol. The number of sulfonamides is 1. The molecule has 0 spiro atoms. The number of pyridine rings is 1. The van der Waals surface area contributed by atoms with Crippen LogP contribution in [0.2, 0.25) is 0 Å². The number of thiophene rings is 1. The Bertz CT molecular complexity index is 1340. The van der Waals surface area contributed by atoms with Crippen molar-refractivity contribution >= 4 is 38.9 Å². The molecular formula is C28H35N3O5S2. The molecule has 2 aromatic heterocycles. The first-order valence-corrected chi connectivity index (χ1v) is 15.3. The smallest absolute Gasteiger partial charge is 0.348 e. The van der Waals surface area contributed by atoms with E-state index in [9.17, 15) is 23.1 Å². The fourth-order valence-corrected chi connectivity index (χ4v) is 7.31. The lowest BCUT2D eigenvalue weighted by Gasteiger charge is -2.34. The fraction of sp³-hybridized carbons (Fsp3) is 0.536. The number of anilines is 1. The summed E-state index contributed by atoms with van der Waals surface area (Å²) in [6.45, 7) is 8.42. The van der Waals surface area contributed by atoms with Crippen LogP contribution in [0.3, 0.4) is 0 Å². The van der Waals surface area contributed by atoms with Crippen molar-refractivity contribution in [2.24, 2.45) is 17.3 Å². The van der Waals surface area contributed by atoms with Gasteiger partial charge in [0.1, 0.15) is 9.77 Å². The molecule has 204 valence electrons. The first kappa shape index (κ1) is 28.3. The molecule has 8 nitrogen and oxygen atoms in total. The maximum absolute atomic E-state index is 14.0. The van der Waals surface area contributed by atoms with Gasteiger partial charge < -0.3 is 10.0 Å². The van der Waals surface area contributed by atoms with Gasteiger partial charge >= 0.3 is 5.97 Å². The molecular weight excluding hydrogens is 522 g/mol. The zero-order valence-electron chi connectivity index (χ0n) is 22.3. The van der Waals surface area contributed by atoms with Crippen molar-refractivity contribution in [3.63, 3.8) is 0 Å². The molecule has 1 N–H and O–H groups in total. The van der Waals surface area contributed by atoms with Gasteiger partial charge in [0.2, 0.25) is 15.9 Å². The fourth-order valence-electron chi connectivity index (χ4n) is 5.01. The van der Waals surface area contributed by atoms with Crippen LogP contribution in [0.5, 0.6) is 0 Å². The van der Waals surface area contributed by atoms with Crippen LogP contribution in [-0.4, -0.2) is 53.8 Å². The van der Waals surface area contributed by atoms with E-state index in [-0.39, 0.29) is 40.1 Å². The van der Waals surface area contributed by atoms with Crippen LogP contribution in [-0.2, 0) is 14.8 Å². The lowest BCUT2D eigenvalue weighted by molar-refractivity contribution is -0.124. The van der Waals surface area contributed by atoms with Crippen molar-refractivity contribution in [3.8, 4) is 11.8 Å². The third-order valence-corrected chi connectivity index (χ3v) is 9.97. The highest BCUT2D eigenvalue weighted by Crippen LogP contribution is 2.38. The molecule has 1 unspecified atom stereocenters. The van der Waals surface area contributed by atoms with Crippen LogP contribution in [0.25, 0.3) is 0 Å². The van der Waals surface area contributed by atoms with E-state index >= 15 is 0 Å². The molecule has 1 saturated carbocycles. The molecule has 0 aromatic carbocycles. The maximum atomic E-state index is 14.0. The summed E-state index contributed by atoms with van der Waals surface area (Å²) in [6.07, 6.45) is 6.60. The van der Waals surface area contributed by atoms with Crippen LogP contribution in [0.1, 0.15) is 74.3 Å². The SMILES string of the molecule is CC1CCC(C(=O)N(c2cc(C#CC(C)(C)C)sc2C(=O)O)C2CCN(S(=O)(=O)c3cccnc3)C2)CC1. The van der Waals surface area contributed by atoms with E-state index in [1.807, 2.05) is 20.8 Å². The zero-order chi connectivity index (χ0) is 27.7. The molecule has 2 aliphatic rings. The number of nitrogens with zero attached hydrogens (tertiary/aromatic N) is 3. The summed E-state index contributed by atoms with van der Waals surface area (Å²) >= 11 is 1.06. The van der Waals surface area contributed by atoms with E-state index in [0.717, 1.165) is 37.0 Å². The van der Waals surface area contributed by atoms with E-state index in [1.54, 1.807) is 17.0 Å². The third kappa shape index (κ3) is 6.28. The van der Waals surface area contributed by atoms with Gasteiger partial charge in [-0.05, 0) is 77.0 Å². The van der Waals surface area contributed by atoms with E-state index in [0.29, 0.717) is 22.9 Å². The van der Waals surface area contributed by atoms with Crippen LogP contribution < -0.4 is 4.90 Å². The highest BCUT2D eigenvalue weighted by Gasteiger charge is 2.41. The minimum atomic E-state index is -3.79. The number of hydrogen-bond donors (Lipinski definition) is 1. The Morgan fingerprint density at radius 1 is 1.18 bits per heavy atom. The predicted octanol–water partition coefficient (Wildman–Crippen LogP) is 4.86. The van der Waals surface area contributed by atoms with Crippen LogP contribution in [0, 0.1) is 29.1 Å². The Balaban J connectivity index is 1.72. The van der Waals surface area contributed by atoms with Gasteiger partial charge in [0.15, 0.2) is 0 Å². The number of aromatic nitrogens is 1. The van der Waals surface area contributed by atoms with E-state index in [2.05, 4.69) is 23.7 Å². The number of aromatic carboxylic acids is 1. The van der Waals surface area contributed by atoms with Gasteiger partial charge in [-0.15, -0.1) is 11.3 Å². The Hall–Kier alpha value is -2.74. The molecule has 0 bridgehead atoms. The summed E-state index contributed by atoms with van der Waals surface area (Å²) in [4.78, 5) is 32.6. The minimum Gasteiger partial charge on any atom is -0.477 e. The van der Waals surface area contributed by atoms with Crippen molar-refractivity contribution < 1.29 is 23.1 Å². The van der Waals surface area contributed by atoms with Crippen LogP contribution >= 0.6 is 11.3 Å². The number of rotatable bonds is 6.